The van der Waals surface area contributed by atoms with Crippen molar-refractivity contribution >= 4 is 17.7 Å². The average molecular weight is 279 g/mol. The van der Waals surface area contributed by atoms with Crippen molar-refractivity contribution in [2.75, 3.05) is 5.32 Å². The second-order valence-electron chi connectivity index (χ2n) is 5.80. The van der Waals surface area contributed by atoms with Crippen LogP contribution in [-0.2, 0) is 10.2 Å². The van der Waals surface area contributed by atoms with Crippen molar-refractivity contribution in [2.24, 2.45) is 0 Å². The van der Waals surface area contributed by atoms with Crippen molar-refractivity contribution in [1.29, 1.82) is 10.5 Å². The molecule has 1 N–H and O–H groups in total. The first-order valence-electron chi connectivity index (χ1n) is 6.59. The molecule has 3 rings (SSSR count). The van der Waals surface area contributed by atoms with Crippen LogP contribution in [0.4, 0.5) is 5.82 Å². The fraction of sp³-hybridized carbons (Fsp3) is 0.333. The number of rotatable bonds is 2. The van der Waals surface area contributed by atoms with Gasteiger partial charge in [-0.25, -0.2) is 4.52 Å². The van der Waals surface area contributed by atoms with Gasteiger partial charge in [-0.05, 0) is 18.1 Å². The molecule has 1 atom stereocenters. The number of amides is 1. The van der Waals surface area contributed by atoms with E-state index in [1.165, 1.54) is 0 Å². The van der Waals surface area contributed by atoms with Gasteiger partial charge in [0.1, 0.15) is 11.6 Å². The van der Waals surface area contributed by atoms with Gasteiger partial charge in [-0.15, -0.1) is 5.10 Å². The summed E-state index contributed by atoms with van der Waals surface area (Å²) in [5.41, 5.74) is 2.64. The molecule has 6 heteroatoms. The van der Waals surface area contributed by atoms with Crippen LogP contribution in [0.15, 0.2) is 12.1 Å². The number of aromatic nitrogens is 2. The van der Waals surface area contributed by atoms with Crippen LogP contribution in [0.1, 0.15) is 43.0 Å². The normalized spacial score (nSPS) is 18.8. The third kappa shape index (κ3) is 1.70. The maximum absolute atomic E-state index is 10.7. The summed E-state index contributed by atoms with van der Waals surface area (Å²) in [7, 11) is 0. The molecule has 0 saturated carbocycles. The van der Waals surface area contributed by atoms with Gasteiger partial charge in [-0.2, -0.15) is 10.5 Å². The lowest BCUT2D eigenvalue weighted by Gasteiger charge is -2.19. The molecular formula is C15H13N5O. The van der Waals surface area contributed by atoms with E-state index >= 15 is 0 Å². The van der Waals surface area contributed by atoms with E-state index in [9.17, 15) is 15.3 Å². The van der Waals surface area contributed by atoms with Gasteiger partial charge in [0, 0.05) is 5.41 Å². The zero-order valence-corrected chi connectivity index (χ0v) is 11.7. The highest BCUT2D eigenvalue weighted by molar-refractivity contribution is 5.80. The number of carbonyl (C=O) groups excluding carboxylic acids is 1. The molecule has 0 aromatic carbocycles. The first kappa shape index (κ1) is 13.1. The number of nitriles is 2. The van der Waals surface area contributed by atoms with Crippen LogP contribution in [0.3, 0.4) is 0 Å². The molecule has 104 valence electrons. The van der Waals surface area contributed by atoms with Gasteiger partial charge < -0.3 is 5.32 Å². The third-order valence-electron chi connectivity index (χ3n) is 4.02. The first-order chi connectivity index (χ1) is 10.0. The highest BCUT2D eigenvalue weighted by Crippen LogP contribution is 2.46. The standard InChI is InChI=1S/C15H13N5O/c1-15(2)5-9(6-16)10-3-4-12-11(7-17)14(18-8-21)19-20(12)13(10)15/h3-4,8-9H,5H2,1-2H3,(H,18,19,21). The molecule has 0 bridgehead atoms. The summed E-state index contributed by atoms with van der Waals surface area (Å²) < 4.78 is 1.69. The summed E-state index contributed by atoms with van der Waals surface area (Å²) >= 11 is 0. The molecule has 0 aliphatic heterocycles. The Morgan fingerprint density at radius 3 is 2.86 bits per heavy atom. The van der Waals surface area contributed by atoms with Crippen molar-refractivity contribution in [1.82, 2.24) is 9.61 Å². The van der Waals surface area contributed by atoms with E-state index in [4.69, 9.17) is 0 Å². The number of fused-ring (bicyclic) bond motifs is 3. The van der Waals surface area contributed by atoms with Gasteiger partial charge in [0.25, 0.3) is 0 Å². The fourth-order valence-corrected chi connectivity index (χ4v) is 3.18. The van der Waals surface area contributed by atoms with Gasteiger partial charge >= 0.3 is 0 Å². The molecule has 2 aromatic heterocycles. The number of anilines is 1. The lowest BCUT2D eigenvalue weighted by atomic mass is 9.89. The maximum atomic E-state index is 10.7. The topological polar surface area (TPSA) is 94.0 Å². The summed E-state index contributed by atoms with van der Waals surface area (Å²) in [6, 6.07) is 8.07. The summed E-state index contributed by atoms with van der Waals surface area (Å²) in [4.78, 5) is 10.7. The van der Waals surface area contributed by atoms with Gasteiger partial charge in [0.05, 0.1) is 23.2 Å². The molecule has 6 nitrogen and oxygen atoms in total. The van der Waals surface area contributed by atoms with Crippen LogP contribution >= 0.6 is 0 Å². The Morgan fingerprint density at radius 1 is 1.48 bits per heavy atom. The summed E-state index contributed by atoms with van der Waals surface area (Å²) in [6.07, 6.45) is 1.22. The monoisotopic (exact) mass is 279 g/mol. The van der Waals surface area contributed by atoms with Gasteiger partial charge in [0.15, 0.2) is 5.82 Å². The van der Waals surface area contributed by atoms with Crippen LogP contribution in [0.5, 0.6) is 0 Å². The van der Waals surface area contributed by atoms with E-state index in [0.29, 0.717) is 17.5 Å². The number of hydrogen-bond acceptors (Lipinski definition) is 4. The molecule has 1 amide bonds. The number of pyridine rings is 1. The molecule has 2 heterocycles. The minimum Gasteiger partial charge on any atom is -0.311 e. The second kappa shape index (κ2) is 4.32. The smallest absolute Gasteiger partial charge is 0.212 e. The molecule has 0 radical (unpaired) electrons. The summed E-state index contributed by atoms with van der Waals surface area (Å²) in [5.74, 6) is 0.0775. The Morgan fingerprint density at radius 2 is 2.24 bits per heavy atom. The lowest BCUT2D eigenvalue weighted by molar-refractivity contribution is -0.105. The van der Waals surface area contributed by atoms with Crippen molar-refractivity contribution in [3.63, 3.8) is 0 Å². The van der Waals surface area contributed by atoms with Crippen LogP contribution < -0.4 is 5.32 Å². The van der Waals surface area contributed by atoms with Crippen molar-refractivity contribution in [3.8, 4) is 12.1 Å². The minimum absolute atomic E-state index is 0.170. The number of nitrogens with one attached hydrogen (secondary N) is 1. The Kier molecular flexibility index (Phi) is 2.70. The minimum atomic E-state index is -0.216. The number of hydrogen-bond donors (Lipinski definition) is 1. The van der Waals surface area contributed by atoms with Gasteiger partial charge in [0.2, 0.25) is 6.41 Å². The zero-order chi connectivity index (χ0) is 15.2. The number of nitrogens with zero attached hydrogens (tertiary/aromatic N) is 4. The van der Waals surface area contributed by atoms with Crippen molar-refractivity contribution < 1.29 is 4.79 Å². The van der Waals surface area contributed by atoms with Gasteiger partial charge in [-0.3, -0.25) is 4.79 Å². The summed E-state index contributed by atoms with van der Waals surface area (Å²) in [5, 5.41) is 25.4. The molecule has 1 unspecified atom stereocenters. The molecule has 21 heavy (non-hydrogen) atoms. The molecule has 1 aliphatic carbocycles. The number of carbonyl (C=O) groups is 1. The Bertz CT molecular complexity index is 834. The van der Waals surface area contributed by atoms with Crippen LogP contribution in [0.25, 0.3) is 5.52 Å². The van der Waals surface area contributed by atoms with Crippen molar-refractivity contribution in [2.45, 2.75) is 31.6 Å². The molecule has 1 aliphatic rings. The van der Waals surface area contributed by atoms with E-state index in [-0.39, 0.29) is 17.2 Å². The molecule has 0 fully saturated rings. The van der Waals surface area contributed by atoms with E-state index in [0.717, 1.165) is 17.7 Å². The van der Waals surface area contributed by atoms with Gasteiger partial charge in [-0.1, -0.05) is 19.9 Å². The average Bonchev–Trinajstić information content (AvgIpc) is 2.93. The molecule has 0 spiro atoms. The quantitative estimate of drug-likeness (QED) is 0.851. The Hall–Kier alpha value is -2.86. The highest BCUT2D eigenvalue weighted by atomic mass is 16.1. The first-order valence-corrected chi connectivity index (χ1v) is 6.59. The zero-order valence-electron chi connectivity index (χ0n) is 11.7. The van der Waals surface area contributed by atoms with Crippen LogP contribution in [-0.4, -0.2) is 16.0 Å². The Balaban J connectivity index is 2.38. The third-order valence-corrected chi connectivity index (χ3v) is 4.02. The van der Waals surface area contributed by atoms with E-state index < -0.39 is 0 Å². The fourth-order valence-electron chi connectivity index (χ4n) is 3.18. The highest BCUT2D eigenvalue weighted by Gasteiger charge is 2.40. The second-order valence-corrected chi connectivity index (χ2v) is 5.80. The maximum Gasteiger partial charge on any atom is 0.212 e. The predicted octanol–water partition coefficient (Wildman–Crippen LogP) is 2.06. The predicted molar refractivity (Wildman–Crippen MR) is 75.6 cm³/mol. The molecule has 0 saturated heterocycles. The van der Waals surface area contributed by atoms with Crippen molar-refractivity contribution in [3.05, 3.63) is 29.0 Å². The largest absolute Gasteiger partial charge is 0.311 e. The van der Waals surface area contributed by atoms with E-state index in [1.807, 2.05) is 6.07 Å². The van der Waals surface area contributed by atoms with E-state index in [1.54, 1.807) is 10.6 Å². The van der Waals surface area contributed by atoms with E-state index in [2.05, 4.69) is 36.4 Å². The lowest BCUT2D eigenvalue weighted by Crippen LogP contribution is -2.17. The Labute approximate surface area is 121 Å². The molecular weight excluding hydrogens is 266 g/mol. The van der Waals surface area contributed by atoms with Crippen LogP contribution in [0.2, 0.25) is 0 Å². The SMILES string of the molecule is CC1(C)CC(C#N)c2ccc3c(C#N)c(NC=O)nn3c21. The van der Waals surface area contributed by atoms with Crippen LogP contribution in [0, 0.1) is 22.7 Å². The summed E-state index contributed by atoms with van der Waals surface area (Å²) in [6.45, 7) is 4.12. The molecule has 2 aromatic rings.